The Balaban J connectivity index is 2.23. The number of hydrogen-bond donors (Lipinski definition) is 2. The molecular formula is C19H33N3O4. The molecule has 26 heavy (non-hydrogen) atoms. The maximum absolute atomic E-state index is 11.9. The number of ether oxygens (including phenoxy) is 1. The third-order valence-electron chi connectivity index (χ3n) is 4.81. The van der Waals surface area contributed by atoms with E-state index in [1.54, 1.807) is 18.7 Å². The molecule has 1 rings (SSSR count). The Morgan fingerprint density at radius 3 is 2.42 bits per heavy atom. The van der Waals surface area contributed by atoms with E-state index in [0.29, 0.717) is 45.4 Å². The molecule has 1 aliphatic rings. The fourth-order valence-corrected chi connectivity index (χ4v) is 2.56. The lowest BCUT2D eigenvalue weighted by atomic mass is 9.89. The normalized spacial score (nSPS) is 15.5. The van der Waals surface area contributed by atoms with Gasteiger partial charge in [0, 0.05) is 43.7 Å². The highest BCUT2D eigenvalue weighted by Gasteiger charge is 2.27. The van der Waals surface area contributed by atoms with Gasteiger partial charge >= 0.3 is 0 Å². The minimum atomic E-state index is -0.596. The Bertz CT molecular complexity index is 539. The summed E-state index contributed by atoms with van der Waals surface area (Å²) in [5.74, 6) is -0.398. The monoisotopic (exact) mass is 367 g/mol. The van der Waals surface area contributed by atoms with E-state index in [9.17, 15) is 14.4 Å². The van der Waals surface area contributed by atoms with Crippen LogP contribution in [0.15, 0.2) is 12.3 Å². The topological polar surface area (TPSA) is 102 Å². The van der Waals surface area contributed by atoms with Gasteiger partial charge in [-0.1, -0.05) is 20.4 Å². The third-order valence-corrected chi connectivity index (χ3v) is 4.81. The van der Waals surface area contributed by atoms with Crippen molar-refractivity contribution in [3.63, 3.8) is 0 Å². The van der Waals surface area contributed by atoms with Crippen LogP contribution in [0, 0.1) is 5.41 Å². The standard InChI is InChI=1S/C19H33N3O4/c1-14-6-7-16(24)22(14)12-8-15(23)21-11-9-19(4,5)26-13-10-18(2,3)17(20)25/h1,6-13H2,2-5H3,(H2,20,25)(H,21,23). The highest BCUT2D eigenvalue weighted by atomic mass is 16.5. The maximum atomic E-state index is 11.9. The SMILES string of the molecule is C=C1CCC(=O)N1CCC(=O)NCCC(C)(C)OCCC(C)(C)C(N)=O. The van der Waals surface area contributed by atoms with E-state index in [4.69, 9.17) is 10.5 Å². The lowest BCUT2D eigenvalue weighted by Crippen LogP contribution is -2.36. The number of allylic oxidation sites excluding steroid dienone is 1. The first-order valence-electron chi connectivity index (χ1n) is 9.13. The van der Waals surface area contributed by atoms with Crippen LogP contribution in [0.2, 0.25) is 0 Å². The smallest absolute Gasteiger partial charge is 0.227 e. The zero-order chi connectivity index (χ0) is 20.0. The molecule has 1 aliphatic heterocycles. The quantitative estimate of drug-likeness (QED) is 0.580. The lowest BCUT2D eigenvalue weighted by molar-refractivity contribution is -0.129. The summed E-state index contributed by atoms with van der Waals surface area (Å²) in [6.07, 6.45) is 2.62. The van der Waals surface area contributed by atoms with Crippen LogP contribution in [-0.4, -0.2) is 47.9 Å². The Morgan fingerprint density at radius 2 is 1.88 bits per heavy atom. The first kappa shape index (κ1) is 22.2. The molecule has 0 aliphatic carbocycles. The predicted molar refractivity (Wildman–Crippen MR) is 100.0 cm³/mol. The molecule has 0 bridgehead atoms. The number of carbonyl (C=O) groups excluding carboxylic acids is 3. The van der Waals surface area contributed by atoms with Crippen molar-refractivity contribution in [3.8, 4) is 0 Å². The first-order valence-corrected chi connectivity index (χ1v) is 9.13. The van der Waals surface area contributed by atoms with Crippen LogP contribution in [0.1, 0.15) is 59.8 Å². The molecule has 0 radical (unpaired) electrons. The highest BCUT2D eigenvalue weighted by molar-refractivity contribution is 5.82. The van der Waals surface area contributed by atoms with Gasteiger partial charge in [-0.2, -0.15) is 0 Å². The van der Waals surface area contributed by atoms with Crippen molar-refractivity contribution in [1.82, 2.24) is 10.2 Å². The van der Waals surface area contributed by atoms with E-state index in [2.05, 4.69) is 11.9 Å². The van der Waals surface area contributed by atoms with Gasteiger partial charge in [-0.3, -0.25) is 14.4 Å². The fraction of sp³-hybridized carbons (Fsp3) is 0.737. The van der Waals surface area contributed by atoms with Gasteiger partial charge in [-0.05, 0) is 33.1 Å². The van der Waals surface area contributed by atoms with Crippen molar-refractivity contribution in [2.75, 3.05) is 19.7 Å². The minimum Gasteiger partial charge on any atom is -0.375 e. The van der Waals surface area contributed by atoms with Crippen LogP contribution >= 0.6 is 0 Å². The number of nitrogens with zero attached hydrogens (tertiary/aromatic N) is 1. The average molecular weight is 367 g/mol. The van der Waals surface area contributed by atoms with Gasteiger partial charge in [-0.25, -0.2) is 0 Å². The summed E-state index contributed by atoms with van der Waals surface area (Å²) in [6, 6.07) is 0. The second-order valence-electron chi connectivity index (χ2n) is 8.07. The van der Waals surface area contributed by atoms with E-state index < -0.39 is 11.0 Å². The summed E-state index contributed by atoms with van der Waals surface area (Å²) in [5, 5.41) is 2.86. The van der Waals surface area contributed by atoms with Crippen LogP contribution in [0.5, 0.6) is 0 Å². The summed E-state index contributed by atoms with van der Waals surface area (Å²) < 4.78 is 5.84. The van der Waals surface area contributed by atoms with Gasteiger partial charge in [0.15, 0.2) is 0 Å². The summed E-state index contributed by atoms with van der Waals surface area (Å²) >= 11 is 0. The molecule has 3 amide bonds. The van der Waals surface area contributed by atoms with E-state index in [1.807, 2.05) is 13.8 Å². The van der Waals surface area contributed by atoms with Crippen molar-refractivity contribution >= 4 is 17.7 Å². The summed E-state index contributed by atoms with van der Waals surface area (Å²) in [4.78, 5) is 36.5. The second kappa shape index (κ2) is 9.16. The molecule has 0 saturated carbocycles. The van der Waals surface area contributed by atoms with Crippen molar-refractivity contribution in [2.24, 2.45) is 11.1 Å². The Labute approximate surface area is 156 Å². The Morgan fingerprint density at radius 1 is 1.23 bits per heavy atom. The van der Waals surface area contributed by atoms with Crippen LogP contribution in [0.4, 0.5) is 0 Å². The van der Waals surface area contributed by atoms with Gasteiger partial charge < -0.3 is 20.7 Å². The zero-order valence-electron chi connectivity index (χ0n) is 16.5. The van der Waals surface area contributed by atoms with Gasteiger partial charge in [0.2, 0.25) is 17.7 Å². The van der Waals surface area contributed by atoms with E-state index in [1.165, 1.54) is 0 Å². The van der Waals surface area contributed by atoms with E-state index in [-0.39, 0.29) is 24.1 Å². The van der Waals surface area contributed by atoms with Gasteiger partial charge in [0.05, 0.1) is 5.60 Å². The summed E-state index contributed by atoms with van der Waals surface area (Å²) in [5.41, 5.74) is 5.13. The molecule has 1 heterocycles. The number of rotatable bonds is 11. The molecule has 0 atom stereocenters. The van der Waals surface area contributed by atoms with Crippen molar-refractivity contribution < 1.29 is 19.1 Å². The third kappa shape index (κ3) is 7.15. The lowest BCUT2D eigenvalue weighted by Gasteiger charge is -2.28. The number of likely N-dealkylation sites (tertiary alicyclic amines) is 1. The molecule has 7 nitrogen and oxygen atoms in total. The van der Waals surface area contributed by atoms with Gasteiger partial charge in [0.1, 0.15) is 0 Å². The number of primary amides is 1. The molecule has 0 aromatic rings. The molecule has 7 heteroatoms. The number of hydrogen-bond acceptors (Lipinski definition) is 4. The molecule has 0 aromatic heterocycles. The van der Waals surface area contributed by atoms with Crippen molar-refractivity contribution in [3.05, 3.63) is 12.3 Å². The molecule has 0 unspecified atom stereocenters. The number of nitrogens with two attached hydrogens (primary N) is 1. The largest absolute Gasteiger partial charge is 0.375 e. The summed E-state index contributed by atoms with van der Waals surface area (Å²) in [7, 11) is 0. The number of amides is 3. The van der Waals surface area contributed by atoms with Gasteiger partial charge in [-0.15, -0.1) is 0 Å². The van der Waals surface area contributed by atoms with Crippen LogP contribution < -0.4 is 11.1 Å². The number of nitrogens with one attached hydrogen (secondary N) is 1. The number of carbonyl (C=O) groups is 3. The zero-order valence-corrected chi connectivity index (χ0v) is 16.5. The van der Waals surface area contributed by atoms with Crippen molar-refractivity contribution in [1.29, 1.82) is 0 Å². The molecule has 1 fully saturated rings. The maximum Gasteiger partial charge on any atom is 0.227 e. The molecule has 0 spiro atoms. The van der Waals surface area contributed by atoms with Crippen molar-refractivity contribution in [2.45, 2.75) is 65.4 Å². The molecular weight excluding hydrogens is 334 g/mol. The molecule has 0 aromatic carbocycles. The molecule has 148 valence electrons. The predicted octanol–water partition coefficient (Wildman–Crippen LogP) is 1.72. The average Bonchev–Trinajstić information content (AvgIpc) is 2.83. The Hall–Kier alpha value is -1.89. The van der Waals surface area contributed by atoms with Crippen LogP contribution in [0.25, 0.3) is 0 Å². The fourth-order valence-electron chi connectivity index (χ4n) is 2.56. The summed E-state index contributed by atoms with van der Waals surface area (Å²) in [6.45, 7) is 12.6. The van der Waals surface area contributed by atoms with E-state index in [0.717, 1.165) is 5.70 Å². The van der Waals surface area contributed by atoms with E-state index >= 15 is 0 Å². The highest BCUT2D eigenvalue weighted by Crippen LogP contribution is 2.22. The Kier molecular flexibility index (Phi) is 7.81. The molecule has 3 N–H and O–H groups in total. The van der Waals surface area contributed by atoms with Crippen LogP contribution in [-0.2, 0) is 19.1 Å². The second-order valence-corrected chi connectivity index (χ2v) is 8.07. The van der Waals surface area contributed by atoms with Crippen LogP contribution in [0.3, 0.4) is 0 Å². The van der Waals surface area contributed by atoms with Gasteiger partial charge in [0.25, 0.3) is 0 Å². The molecule has 1 saturated heterocycles. The first-order chi connectivity index (χ1) is 11.9. The minimum absolute atomic E-state index is 0.0382.